The summed E-state index contributed by atoms with van der Waals surface area (Å²) in [6, 6.07) is 14.3. The molecule has 0 aliphatic carbocycles. The van der Waals surface area contributed by atoms with Crippen molar-refractivity contribution in [3.05, 3.63) is 64.7 Å². The Kier molecular flexibility index (Phi) is 7.06. The van der Waals surface area contributed by atoms with Gasteiger partial charge in [-0.1, -0.05) is 61.5 Å². The summed E-state index contributed by atoms with van der Waals surface area (Å²) in [4.78, 5) is 24.1. The van der Waals surface area contributed by atoms with E-state index in [1.54, 1.807) is 36.4 Å². The summed E-state index contributed by atoms with van der Waals surface area (Å²) >= 11 is 6.90. The molecule has 0 aliphatic heterocycles. The molecular weight excluding hydrogens is 412 g/mol. The quantitative estimate of drug-likeness (QED) is 0.281. The Labute approximate surface area is 177 Å². The van der Waals surface area contributed by atoms with Gasteiger partial charge in [0.2, 0.25) is 5.89 Å². The summed E-state index contributed by atoms with van der Waals surface area (Å²) in [5.41, 5.74) is 2.39. The molecule has 3 aromatic rings. The number of carbonyl (C=O) groups is 2. The molecule has 0 atom stereocenters. The minimum absolute atomic E-state index is 0.0399. The van der Waals surface area contributed by atoms with Crippen LogP contribution in [-0.4, -0.2) is 34.3 Å². The van der Waals surface area contributed by atoms with Crippen LogP contribution < -0.4 is 0 Å². The van der Waals surface area contributed by atoms with Crippen molar-refractivity contribution in [2.24, 2.45) is 0 Å². The number of rotatable bonds is 8. The van der Waals surface area contributed by atoms with Crippen LogP contribution in [0.4, 0.5) is 0 Å². The van der Waals surface area contributed by atoms with Gasteiger partial charge in [0.05, 0.1) is 0 Å². The molecule has 1 aromatic heterocycles. The molecule has 2 aromatic carbocycles. The highest BCUT2D eigenvalue weighted by Gasteiger charge is 2.14. The van der Waals surface area contributed by atoms with Crippen LogP contribution in [0, 0.1) is 0 Å². The second kappa shape index (κ2) is 9.71. The summed E-state index contributed by atoms with van der Waals surface area (Å²) in [5.74, 6) is -0.103. The second-order valence-electron chi connectivity index (χ2n) is 6.53. The van der Waals surface area contributed by atoms with Crippen molar-refractivity contribution in [2.75, 3.05) is 12.4 Å². The average Bonchev–Trinajstić information content (AvgIpc) is 3.20. The lowest BCUT2D eigenvalue weighted by Gasteiger charge is -2.07. The number of hydrogen-bond acceptors (Lipinski definition) is 7. The van der Waals surface area contributed by atoms with Gasteiger partial charge in [0.15, 0.2) is 12.4 Å². The van der Waals surface area contributed by atoms with E-state index in [1.165, 1.54) is 0 Å². The number of Topliss-reactive ketones (excluding diaryl/α,β-unsaturated/α-hetero) is 1. The largest absolute Gasteiger partial charge is 0.457 e. The normalized spacial score (nSPS) is 10.9. The van der Waals surface area contributed by atoms with Crippen LogP contribution >= 0.6 is 23.4 Å². The predicted molar refractivity (Wildman–Crippen MR) is 111 cm³/mol. The number of carbonyl (C=O) groups excluding carboxylic acids is 2. The van der Waals surface area contributed by atoms with Gasteiger partial charge in [-0.05, 0) is 35.7 Å². The Balaban J connectivity index is 1.46. The van der Waals surface area contributed by atoms with Gasteiger partial charge in [-0.3, -0.25) is 9.59 Å². The molecule has 0 N–H and O–H groups in total. The van der Waals surface area contributed by atoms with Gasteiger partial charge in [-0.2, -0.15) is 0 Å². The predicted octanol–water partition coefficient (Wildman–Crippen LogP) is 5.03. The lowest BCUT2D eigenvalue weighted by molar-refractivity contribution is -0.139. The highest BCUT2D eigenvalue weighted by atomic mass is 35.5. The average molecular weight is 431 g/mol. The zero-order chi connectivity index (χ0) is 20.8. The van der Waals surface area contributed by atoms with Crippen LogP contribution in [0.5, 0.6) is 0 Å². The molecule has 0 fully saturated rings. The summed E-state index contributed by atoms with van der Waals surface area (Å²) < 4.78 is 10.6. The zero-order valence-electron chi connectivity index (χ0n) is 15.9. The van der Waals surface area contributed by atoms with E-state index in [0.29, 0.717) is 22.4 Å². The van der Waals surface area contributed by atoms with Crippen molar-refractivity contribution >= 4 is 35.1 Å². The molecule has 0 bridgehead atoms. The Morgan fingerprint density at radius 2 is 1.76 bits per heavy atom. The van der Waals surface area contributed by atoms with Crippen LogP contribution in [-0.2, 0) is 9.53 Å². The first-order valence-electron chi connectivity index (χ1n) is 8.93. The molecule has 3 rings (SSSR count). The molecule has 0 saturated heterocycles. The van der Waals surface area contributed by atoms with Crippen molar-refractivity contribution in [3.63, 3.8) is 0 Å². The van der Waals surface area contributed by atoms with Crippen molar-refractivity contribution in [1.29, 1.82) is 0 Å². The summed E-state index contributed by atoms with van der Waals surface area (Å²) in [6.45, 7) is 3.86. The van der Waals surface area contributed by atoms with E-state index in [2.05, 4.69) is 24.0 Å². The number of ketones is 1. The number of benzene rings is 2. The summed E-state index contributed by atoms with van der Waals surface area (Å²) in [6.07, 6.45) is 0. The third kappa shape index (κ3) is 5.92. The molecule has 0 unspecified atom stereocenters. The van der Waals surface area contributed by atoms with Crippen molar-refractivity contribution < 1.29 is 18.7 Å². The minimum Gasteiger partial charge on any atom is -0.457 e. The fraction of sp³-hybridized carbons (Fsp3) is 0.238. The summed E-state index contributed by atoms with van der Waals surface area (Å²) in [5, 5.41) is 8.68. The lowest BCUT2D eigenvalue weighted by atomic mass is 10.0. The molecular formula is C21H19ClN2O4S. The van der Waals surface area contributed by atoms with Gasteiger partial charge in [0, 0.05) is 16.1 Å². The monoisotopic (exact) mass is 430 g/mol. The number of hydrogen-bond donors (Lipinski definition) is 0. The fourth-order valence-electron chi connectivity index (χ4n) is 2.42. The molecule has 150 valence electrons. The molecule has 0 radical (unpaired) electrons. The maximum Gasteiger partial charge on any atom is 0.316 e. The number of nitrogens with zero attached hydrogens (tertiary/aromatic N) is 2. The fourth-order valence-corrected chi connectivity index (χ4v) is 3.11. The molecule has 1 heterocycles. The molecule has 0 aliphatic rings. The van der Waals surface area contributed by atoms with Gasteiger partial charge in [0.1, 0.15) is 5.75 Å². The standard InChI is InChI=1S/C21H19ClN2O4S/c1-13(2)14-3-5-15(6-4-14)18(25)11-27-19(26)12-29-21-24-23-20(28-21)16-7-9-17(22)10-8-16/h3-10,13H,11-12H2,1-2H3. The van der Waals surface area contributed by atoms with E-state index in [9.17, 15) is 9.59 Å². The third-order valence-corrected chi connectivity index (χ3v) is 5.12. The number of aromatic nitrogens is 2. The van der Waals surface area contributed by atoms with Crippen molar-refractivity contribution in [1.82, 2.24) is 10.2 Å². The minimum atomic E-state index is -0.534. The first-order chi connectivity index (χ1) is 13.9. The highest BCUT2D eigenvalue weighted by Crippen LogP contribution is 2.24. The van der Waals surface area contributed by atoms with E-state index in [0.717, 1.165) is 22.9 Å². The molecule has 8 heteroatoms. The lowest BCUT2D eigenvalue weighted by Crippen LogP contribution is -2.15. The molecule has 0 saturated carbocycles. The molecule has 29 heavy (non-hydrogen) atoms. The molecule has 0 amide bonds. The third-order valence-electron chi connectivity index (χ3n) is 4.07. The topological polar surface area (TPSA) is 82.3 Å². The Hall–Kier alpha value is -2.64. The van der Waals surface area contributed by atoms with Gasteiger partial charge >= 0.3 is 5.97 Å². The first-order valence-corrected chi connectivity index (χ1v) is 10.3. The molecule has 0 spiro atoms. The Morgan fingerprint density at radius 1 is 1.07 bits per heavy atom. The maximum atomic E-state index is 12.2. The van der Waals surface area contributed by atoms with Gasteiger partial charge < -0.3 is 9.15 Å². The Morgan fingerprint density at radius 3 is 2.41 bits per heavy atom. The number of thioether (sulfide) groups is 1. The smallest absolute Gasteiger partial charge is 0.316 e. The SMILES string of the molecule is CC(C)c1ccc(C(=O)COC(=O)CSc2nnc(-c3ccc(Cl)cc3)o2)cc1. The van der Waals surface area contributed by atoms with Crippen LogP contribution in [0.25, 0.3) is 11.5 Å². The number of halogens is 1. The summed E-state index contributed by atoms with van der Waals surface area (Å²) in [7, 11) is 0. The number of ether oxygens (including phenoxy) is 1. The van der Waals surface area contributed by atoms with Gasteiger partial charge in [-0.15, -0.1) is 10.2 Å². The molecule has 6 nitrogen and oxygen atoms in total. The van der Waals surface area contributed by atoms with Crippen LogP contribution in [0.2, 0.25) is 5.02 Å². The van der Waals surface area contributed by atoms with Crippen LogP contribution in [0.1, 0.15) is 35.7 Å². The van der Waals surface area contributed by atoms with Crippen molar-refractivity contribution in [2.45, 2.75) is 25.0 Å². The number of esters is 1. The van der Waals surface area contributed by atoms with Gasteiger partial charge in [-0.25, -0.2) is 0 Å². The van der Waals surface area contributed by atoms with E-state index < -0.39 is 5.97 Å². The van der Waals surface area contributed by atoms with E-state index >= 15 is 0 Å². The van der Waals surface area contributed by atoms with E-state index in [4.69, 9.17) is 20.8 Å². The van der Waals surface area contributed by atoms with Crippen molar-refractivity contribution in [3.8, 4) is 11.5 Å². The Bertz CT molecular complexity index is 985. The maximum absolute atomic E-state index is 12.2. The van der Waals surface area contributed by atoms with Gasteiger partial charge in [0.25, 0.3) is 5.22 Å². The van der Waals surface area contributed by atoms with Crippen LogP contribution in [0.3, 0.4) is 0 Å². The first kappa shape index (κ1) is 21.1. The van der Waals surface area contributed by atoms with Crippen LogP contribution in [0.15, 0.2) is 58.2 Å². The highest BCUT2D eigenvalue weighted by molar-refractivity contribution is 7.99. The van der Waals surface area contributed by atoms with E-state index in [-0.39, 0.29) is 23.4 Å². The zero-order valence-corrected chi connectivity index (χ0v) is 17.5. The second-order valence-corrected chi connectivity index (χ2v) is 7.89. The van der Waals surface area contributed by atoms with E-state index in [1.807, 2.05) is 12.1 Å².